The van der Waals surface area contributed by atoms with Crippen LogP contribution in [0.1, 0.15) is 6.42 Å². The molecule has 0 bridgehead atoms. The van der Waals surface area contributed by atoms with Crippen molar-refractivity contribution in [3.05, 3.63) is 24.0 Å². The number of anilines is 1. The lowest BCUT2D eigenvalue weighted by Gasteiger charge is -2.08. The Labute approximate surface area is 89.9 Å². The van der Waals surface area contributed by atoms with Crippen molar-refractivity contribution in [2.75, 3.05) is 18.9 Å². The van der Waals surface area contributed by atoms with E-state index in [4.69, 9.17) is 10.5 Å². The van der Waals surface area contributed by atoms with Crippen molar-refractivity contribution in [1.82, 2.24) is 0 Å². The van der Waals surface area contributed by atoms with E-state index in [1.54, 1.807) is 6.07 Å². The molecule has 2 N–H and O–H groups in total. The average molecular weight is 229 g/mol. The summed E-state index contributed by atoms with van der Waals surface area (Å²) in [5.41, 5.74) is 5.79. The Kier molecular flexibility index (Phi) is 3.02. The van der Waals surface area contributed by atoms with Crippen LogP contribution in [0, 0.1) is 5.82 Å². The third-order valence-corrected chi connectivity index (χ3v) is 3.99. The number of nitrogens with two attached hydrogens (primary N) is 1. The van der Waals surface area contributed by atoms with Gasteiger partial charge < -0.3 is 10.5 Å². The minimum absolute atomic E-state index is 0.0359. The fraction of sp³-hybridized carbons (Fsp3) is 0.400. The fourth-order valence-corrected chi connectivity index (χ4v) is 2.97. The molecule has 5 heteroatoms. The molecular formula is C10H12FNO2S. The summed E-state index contributed by atoms with van der Waals surface area (Å²) in [7, 11) is -1.22. The molecule has 2 rings (SSSR count). The van der Waals surface area contributed by atoms with Gasteiger partial charge in [-0.1, -0.05) is 0 Å². The van der Waals surface area contributed by atoms with Crippen LogP contribution in [-0.2, 0) is 15.5 Å². The number of halogens is 1. The zero-order chi connectivity index (χ0) is 10.8. The number of benzene rings is 1. The van der Waals surface area contributed by atoms with Crippen molar-refractivity contribution in [1.29, 1.82) is 0 Å². The maximum atomic E-state index is 13.0. The van der Waals surface area contributed by atoms with E-state index in [9.17, 15) is 8.60 Å². The summed E-state index contributed by atoms with van der Waals surface area (Å²) < 4.78 is 30.1. The molecule has 15 heavy (non-hydrogen) atoms. The summed E-state index contributed by atoms with van der Waals surface area (Å²) in [6.45, 7) is 1.10. The SMILES string of the molecule is Nc1cc(F)cc(S(=O)C2CCOC2)c1. The standard InChI is InChI=1S/C10H12FNO2S/c11-7-3-8(12)5-10(4-7)15(13)9-1-2-14-6-9/h3-5,9H,1-2,6,12H2. The largest absolute Gasteiger partial charge is 0.399 e. The van der Waals surface area contributed by atoms with E-state index in [0.717, 1.165) is 6.42 Å². The van der Waals surface area contributed by atoms with Crippen LogP contribution in [0.15, 0.2) is 23.1 Å². The van der Waals surface area contributed by atoms with Gasteiger partial charge in [-0.05, 0) is 24.6 Å². The molecule has 1 fully saturated rings. The Balaban J connectivity index is 2.24. The van der Waals surface area contributed by atoms with E-state index < -0.39 is 16.6 Å². The van der Waals surface area contributed by atoms with E-state index in [2.05, 4.69) is 0 Å². The molecule has 0 saturated carbocycles. The minimum Gasteiger partial charge on any atom is -0.399 e. The Bertz CT molecular complexity index is 371. The number of hydrogen-bond donors (Lipinski definition) is 1. The van der Waals surface area contributed by atoms with Gasteiger partial charge in [0, 0.05) is 17.2 Å². The highest BCUT2D eigenvalue weighted by Gasteiger charge is 2.23. The molecule has 0 amide bonds. The van der Waals surface area contributed by atoms with Crippen molar-refractivity contribution in [3.8, 4) is 0 Å². The first-order valence-electron chi connectivity index (χ1n) is 4.71. The fourth-order valence-electron chi connectivity index (χ4n) is 1.57. The molecule has 0 spiro atoms. The lowest BCUT2D eigenvalue weighted by atomic mass is 10.3. The van der Waals surface area contributed by atoms with Crippen LogP contribution in [0.4, 0.5) is 10.1 Å². The quantitative estimate of drug-likeness (QED) is 0.778. The molecule has 1 aliphatic rings. The predicted molar refractivity (Wildman–Crippen MR) is 56.4 cm³/mol. The number of ether oxygens (including phenoxy) is 1. The molecule has 0 aliphatic carbocycles. The summed E-state index contributed by atoms with van der Waals surface area (Å²) >= 11 is 0. The van der Waals surface area contributed by atoms with Gasteiger partial charge in [-0.15, -0.1) is 0 Å². The molecule has 1 aromatic rings. The lowest BCUT2D eigenvalue weighted by molar-refractivity contribution is 0.199. The molecule has 1 aromatic carbocycles. The van der Waals surface area contributed by atoms with Crippen LogP contribution in [0.25, 0.3) is 0 Å². The summed E-state index contributed by atoms with van der Waals surface area (Å²) in [5, 5.41) is -0.0359. The van der Waals surface area contributed by atoms with E-state index in [0.29, 0.717) is 23.8 Å². The zero-order valence-electron chi connectivity index (χ0n) is 8.11. The van der Waals surface area contributed by atoms with E-state index in [1.807, 2.05) is 0 Å². The number of rotatable bonds is 2. The van der Waals surface area contributed by atoms with Gasteiger partial charge in [0.1, 0.15) is 5.82 Å². The topological polar surface area (TPSA) is 52.3 Å². The molecule has 3 nitrogen and oxygen atoms in total. The highest BCUT2D eigenvalue weighted by atomic mass is 32.2. The van der Waals surface area contributed by atoms with Gasteiger partial charge in [-0.25, -0.2) is 4.39 Å². The first-order valence-corrected chi connectivity index (χ1v) is 5.92. The van der Waals surface area contributed by atoms with Gasteiger partial charge in [-0.2, -0.15) is 0 Å². The molecule has 82 valence electrons. The van der Waals surface area contributed by atoms with Gasteiger partial charge in [0.25, 0.3) is 0 Å². The summed E-state index contributed by atoms with van der Waals surface area (Å²) in [5.74, 6) is -0.447. The summed E-state index contributed by atoms with van der Waals surface area (Å²) in [6, 6.07) is 4.04. The van der Waals surface area contributed by atoms with Crippen molar-refractivity contribution in [3.63, 3.8) is 0 Å². The monoisotopic (exact) mass is 229 g/mol. The van der Waals surface area contributed by atoms with Crippen LogP contribution >= 0.6 is 0 Å². The first kappa shape index (κ1) is 10.6. The van der Waals surface area contributed by atoms with Crippen molar-refractivity contribution >= 4 is 16.5 Å². The van der Waals surface area contributed by atoms with Crippen molar-refractivity contribution < 1.29 is 13.3 Å². The summed E-state index contributed by atoms with van der Waals surface area (Å²) in [6.07, 6.45) is 0.753. The van der Waals surface area contributed by atoms with Gasteiger partial charge in [-0.3, -0.25) is 4.21 Å². The van der Waals surface area contributed by atoms with Gasteiger partial charge >= 0.3 is 0 Å². The Morgan fingerprint density at radius 1 is 1.47 bits per heavy atom. The van der Waals surface area contributed by atoms with Gasteiger partial charge in [0.15, 0.2) is 0 Å². The minimum atomic E-state index is -1.22. The zero-order valence-corrected chi connectivity index (χ0v) is 8.93. The summed E-state index contributed by atoms with van der Waals surface area (Å²) in [4.78, 5) is 0.447. The van der Waals surface area contributed by atoms with Gasteiger partial charge in [0.05, 0.1) is 22.7 Å². The predicted octanol–water partition coefficient (Wildman–Crippen LogP) is 1.30. The number of hydrogen-bond acceptors (Lipinski definition) is 3. The maximum absolute atomic E-state index is 13.0. The van der Waals surface area contributed by atoms with Crippen LogP contribution < -0.4 is 5.73 Å². The second kappa shape index (κ2) is 4.28. The van der Waals surface area contributed by atoms with Crippen molar-refractivity contribution in [2.24, 2.45) is 0 Å². The van der Waals surface area contributed by atoms with E-state index >= 15 is 0 Å². The molecule has 1 saturated heterocycles. The second-order valence-corrected chi connectivity index (χ2v) is 5.24. The molecule has 0 aromatic heterocycles. The lowest BCUT2D eigenvalue weighted by Crippen LogP contribution is -2.15. The normalized spacial score (nSPS) is 22.9. The molecule has 1 aliphatic heterocycles. The Morgan fingerprint density at radius 2 is 2.27 bits per heavy atom. The van der Waals surface area contributed by atoms with Crippen LogP contribution in [-0.4, -0.2) is 22.7 Å². The van der Waals surface area contributed by atoms with Gasteiger partial charge in [0.2, 0.25) is 0 Å². The smallest absolute Gasteiger partial charge is 0.126 e. The highest BCUT2D eigenvalue weighted by molar-refractivity contribution is 7.85. The molecule has 0 radical (unpaired) electrons. The molecule has 2 unspecified atom stereocenters. The highest BCUT2D eigenvalue weighted by Crippen LogP contribution is 2.21. The second-order valence-electron chi connectivity index (χ2n) is 3.50. The van der Waals surface area contributed by atoms with Crippen LogP contribution in [0.2, 0.25) is 0 Å². The Hall–Kier alpha value is -0.940. The maximum Gasteiger partial charge on any atom is 0.126 e. The van der Waals surface area contributed by atoms with Crippen LogP contribution in [0.3, 0.4) is 0 Å². The molecular weight excluding hydrogens is 217 g/mol. The van der Waals surface area contributed by atoms with Crippen LogP contribution in [0.5, 0.6) is 0 Å². The third kappa shape index (κ3) is 2.35. The molecule has 2 atom stereocenters. The average Bonchev–Trinajstić information content (AvgIpc) is 2.67. The number of nitrogen functional groups attached to an aromatic ring is 1. The van der Waals surface area contributed by atoms with E-state index in [1.165, 1.54) is 12.1 Å². The third-order valence-electron chi connectivity index (χ3n) is 2.32. The van der Waals surface area contributed by atoms with E-state index in [-0.39, 0.29) is 5.25 Å². The first-order chi connectivity index (χ1) is 7.16. The van der Waals surface area contributed by atoms with Crippen molar-refractivity contribution in [2.45, 2.75) is 16.6 Å². The Morgan fingerprint density at radius 3 is 2.87 bits per heavy atom. The molecule has 1 heterocycles.